The van der Waals surface area contributed by atoms with Crippen molar-refractivity contribution in [2.75, 3.05) is 40.3 Å². The number of rotatable bonds is 7. The van der Waals surface area contributed by atoms with Gasteiger partial charge in [-0.05, 0) is 64.1 Å². The summed E-state index contributed by atoms with van der Waals surface area (Å²) in [4.78, 5) is 4.74. The quantitative estimate of drug-likeness (QED) is 0.712. The topological polar surface area (TPSA) is 15.7 Å². The van der Waals surface area contributed by atoms with Crippen LogP contribution in [0.3, 0.4) is 0 Å². The van der Waals surface area contributed by atoms with Crippen LogP contribution >= 0.6 is 0 Å². The summed E-state index contributed by atoms with van der Waals surface area (Å²) >= 11 is 0. The molecular formula is C17H28N2O. The third-order valence-corrected chi connectivity index (χ3v) is 3.76. The molecule has 3 nitrogen and oxygen atoms in total. The monoisotopic (exact) mass is 276 g/mol. The summed E-state index contributed by atoms with van der Waals surface area (Å²) in [6.45, 7) is 5.54. The molecule has 0 amide bonds. The fraction of sp³-hybridized carbons (Fsp3) is 0.647. The van der Waals surface area contributed by atoms with Crippen molar-refractivity contribution in [3.05, 3.63) is 29.8 Å². The number of hydrogen-bond acceptors (Lipinski definition) is 3. The maximum atomic E-state index is 5.82. The van der Waals surface area contributed by atoms with Crippen LogP contribution in [0.5, 0.6) is 5.75 Å². The Bertz CT molecular complexity index is 369. The van der Waals surface area contributed by atoms with Crippen molar-refractivity contribution in [2.24, 2.45) is 0 Å². The van der Waals surface area contributed by atoms with Gasteiger partial charge in [-0.25, -0.2) is 0 Å². The lowest BCUT2D eigenvalue weighted by atomic mass is 10.1. The van der Waals surface area contributed by atoms with Crippen LogP contribution in [0, 0.1) is 0 Å². The molecule has 1 aliphatic heterocycles. The zero-order valence-electron chi connectivity index (χ0n) is 13.0. The van der Waals surface area contributed by atoms with E-state index in [4.69, 9.17) is 4.74 Å². The smallest absolute Gasteiger partial charge is 0.119 e. The van der Waals surface area contributed by atoms with Crippen molar-refractivity contribution < 1.29 is 4.74 Å². The van der Waals surface area contributed by atoms with E-state index in [0.29, 0.717) is 0 Å². The largest absolute Gasteiger partial charge is 0.494 e. The van der Waals surface area contributed by atoms with Crippen LogP contribution in [0.25, 0.3) is 0 Å². The van der Waals surface area contributed by atoms with Crippen molar-refractivity contribution in [1.82, 2.24) is 9.80 Å². The molecule has 1 aromatic rings. The first-order valence-corrected chi connectivity index (χ1v) is 7.83. The molecule has 3 heteroatoms. The minimum absolute atomic E-state index is 0.823. The first-order chi connectivity index (χ1) is 9.74. The van der Waals surface area contributed by atoms with Crippen molar-refractivity contribution >= 4 is 0 Å². The van der Waals surface area contributed by atoms with Crippen LogP contribution in [0.15, 0.2) is 24.3 Å². The summed E-state index contributed by atoms with van der Waals surface area (Å²) < 4.78 is 5.82. The highest BCUT2D eigenvalue weighted by atomic mass is 16.5. The van der Waals surface area contributed by atoms with Gasteiger partial charge in [0.1, 0.15) is 5.75 Å². The van der Waals surface area contributed by atoms with E-state index < -0.39 is 0 Å². The third-order valence-electron chi connectivity index (χ3n) is 3.76. The second-order valence-electron chi connectivity index (χ2n) is 5.99. The Balaban J connectivity index is 1.63. The van der Waals surface area contributed by atoms with Crippen molar-refractivity contribution in [1.29, 1.82) is 0 Å². The van der Waals surface area contributed by atoms with Gasteiger partial charge in [-0.3, -0.25) is 0 Å². The molecule has 0 bridgehead atoms. The van der Waals surface area contributed by atoms with Gasteiger partial charge in [0.2, 0.25) is 0 Å². The zero-order chi connectivity index (χ0) is 14.2. The summed E-state index contributed by atoms with van der Waals surface area (Å²) in [6.07, 6.45) is 5.27. The van der Waals surface area contributed by atoms with Crippen LogP contribution in [0.2, 0.25) is 0 Å². The van der Waals surface area contributed by atoms with Gasteiger partial charge >= 0.3 is 0 Å². The van der Waals surface area contributed by atoms with Crippen molar-refractivity contribution in [3.63, 3.8) is 0 Å². The maximum Gasteiger partial charge on any atom is 0.119 e. The molecule has 0 aromatic heterocycles. The Morgan fingerprint density at radius 3 is 2.40 bits per heavy atom. The summed E-state index contributed by atoms with van der Waals surface area (Å²) in [7, 11) is 4.18. The summed E-state index contributed by atoms with van der Waals surface area (Å²) in [5, 5.41) is 0. The Morgan fingerprint density at radius 2 is 1.75 bits per heavy atom. The van der Waals surface area contributed by atoms with Crippen molar-refractivity contribution in [2.45, 2.75) is 32.2 Å². The van der Waals surface area contributed by atoms with E-state index in [0.717, 1.165) is 25.3 Å². The van der Waals surface area contributed by atoms with Gasteiger partial charge in [0.05, 0.1) is 6.61 Å². The van der Waals surface area contributed by atoms with E-state index in [1.54, 1.807) is 0 Å². The molecule has 20 heavy (non-hydrogen) atoms. The molecule has 2 rings (SSSR count). The standard InChI is InChI=1S/C17H28N2O/c1-18(2)15-16-7-9-17(10-8-16)20-14-6-13-19-11-4-3-5-12-19/h7-10H,3-6,11-15H2,1-2H3. The summed E-state index contributed by atoms with van der Waals surface area (Å²) in [5.74, 6) is 0.992. The normalized spacial score (nSPS) is 16.6. The minimum atomic E-state index is 0.823. The van der Waals surface area contributed by atoms with Gasteiger partial charge in [-0.15, -0.1) is 0 Å². The lowest BCUT2D eigenvalue weighted by molar-refractivity contribution is 0.205. The summed E-state index contributed by atoms with van der Waals surface area (Å²) in [5.41, 5.74) is 1.33. The molecule has 0 saturated carbocycles. The third kappa shape index (κ3) is 5.51. The van der Waals surface area contributed by atoms with Crippen LogP contribution in [0.1, 0.15) is 31.2 Å². The second-order valence-corrected chi connectivity index (χ2v) is 5.99. The Labute approximate surface area is 123 Å². The van der Waals surface area contributed by atoms with E-state index in [1.807, 2.05) is 0 Å². The maximum absolute atomic E-state index is 5.82. The summed E-state index contributed by atoms with van der Waals surface area (Å²) in [6, 6.07) is 8.47. The first kappa shape index (κ1) is 15.3. The number of nitrogens with zero attached hydrogens (tertiary/aromatic N) is 2. The van der Waals surface area contributed by atoms with E-state index >= 15 is 0 Å². The molecule has 0 radical (unpaired) electrons. The van der Waals surface area contributed by atoms with Gasteiger partial charge in [-0.1, -0.05) is 18.6 Å². The fourth-order valence-electron chi connectivity index (χ4n) is 2.72. The average molecular weight is 276 g/mol. The number of likely N-dealkylation sites (tertiary alicyclic amines) is 1. The van der Waals surface area contributed by atoms with Crippen LogP contribution in [0.4, 0.5) is 0 Å². The molecule has 0 aliphatic carbocycles. The van der Waals surface area contributed by atoms with Gasteiger partial charge in [0.25, 0.3) is 0 Å². The molecular weight excluding hydrogens is 248 g/mol. The zero-order valence-corrected chi connectivity index (χ0v) is 13.0. The highest BCUT2D eigenvalue weighted by Crippen LogP contribution is 2.14. The molecule has 1 fully saturated rings. The SMILES string of the molecule is CN(C)Cc1ccc(OCCCN2CCCCC2)cc1. The Kier molecular flexibility index (Phi) is 6.34. The van der Waals surface area contributed by atoms with Gasteiger partial charge in [-0.2, -0.15) is 0 Å². The number of piperidine rings is 1. The van der Waals surface area contributed by atoms with E-state index in [-0.39, 0.29) is 0 Å². The van der Waals surface area contributed by atoms with Gasteiger partial charge < -0.3 is 14.5 Å². The molecule has 0 atom stereocenters. The van der Waals surface area contributed by atoms with Gasteiger partial charge in [0, 0.05) is 13.1 Å². The predicted molar refractivity (Wildman–Crippen MR) is 84.2 cm³/mol. The molecule has 112 valence electrons. The van der Waals surface area contributed by atoms with E-state index in [1.165, 1.54) is 44.5 Å². The molecule has 0 spiro atoms. The van der Waals surface area contributed by atoms with E-state index in [2.05, 4.69) is 48.2 Å². The number of benzene rings is 1. The van der Waals surface area contributed by atoms with Crippen molar-refractivity contribution in [3.8, 4) is 5.75 Å². The lowest BCUT2D eigenvalue weighted by Gasteiger charge is -2.26. The van der Waals surface area contributed by atoms with Crippen LogP contribution in [-0.2, 0) is 6.54 Å². The lowest BCUT2D eigenvalue weighted by Crippen LogP contribution is -2.31. The molecule has 0 unspecified atom stereocenters. The van der Waals surface area contributed by atoms with Crippen LogP contribution < -0.4 is 4.74 Å². The van der Waals surface area contributed by atoms with Gasteiger partial charge in [0.15, 0.2) is 0 Å². The van der Waals surface area contributed by atoms with E-state index in [9.17, 15) is 0 Å². The molecule has 0 N–H and O–H groups in total. The molecule has 1 heterocycles. The Morgan fingerprint density at radius 1 is 1.05 bits per heavy atom. The fourth-order valence-corrected chi connectivity index (χ4v) is 2.72. The number of ether oxygens (including phenoxy) is 1. The number of hydrogen-bond donors (Lipinski definition) is 0. The average Bonchev–Trinajstić information content (AvgIpc) is 2.46. The molecule has 1 aromatic carbocycles. The first-order valence-electron chi connectivity index (χ1n) is 7.83. The second kappa shape index (κ2) is 8.28. The highest BCUT2D eigenvalue weighted by molar-refractivity contribution is 5.27. The minimum Gasteiger partial charge on any atom is -0.494 e. The highest BCUT2D eigenvalue weighted by Gasteiger charge is 2.08. The molecule has 1 aliphatic rings. The van der Waals surface area contributed by atoms with Crippen LogP contribution in [-0.4, -0.2) is 50.1 Å². The molecule has 1 saturated heterocycles. The Hall–Kier alpha value is -1.06. The predicted octanol–water partition coefficient (Wildman–Crippen LogP) is 3.00.